The van der Waals surface area contributed by atoms with Crippen molar-refractivity contribution < 1.29 is 28.5 Å². The number of amides is 2. The molecule has 2 amide bonds. The maximum atomic E-state index is 11.8. The van der Waals surface area contributed by atoms with E-state index in [0.717, 1.165) is 0 Å². The van der Waals surface area contributed by atoms with Gasteiger partial charge in [0.25, 0.3) is 0 Å². The molecule has 0 bridgehead atoms. The first-order valence-electron chi connectivity index (χ1n) is 7.50. The van der Waals surface area contributed by atoms with Crippen LogP contribution in [0.3, 0.4) is 0 Å². The maximum Gasteiger partial charge on any atom is 0.325 e. The zero-order valence-corrected chi connectivity index (χ0v) is 14.4. The molecule has 0 fully saturated rings. The summed E-state index contributed by atoms with van der Waals surface area (Å²) in [7, 11) is 3.10. The van der Waals surface area contributed by atoms with Crippen LogP contribution in [0.5, 0.6) is 11.5 Å². The number of anilines is 1. The van der Waals surface area contributed by atoms with E-state index < -0.39 is 12.0 Å². The zero-order chi connectivity index (χ0) is 17.9. The predicted molar refractivity (Wildman–Crippen MR) is 88.6 cm³/mol. The minimum Gasteiger partial charge on any atom is -0.493 e. The van der Waals surface area contributed by atoms with E-state index in [9.17, 15) is 9.59 Å². The van der Waals surface area contributed by atoms with Crippen molar-refractivity contribution in [3.63, 3.8) is 0 Å². The summed E-state index contributed by atoms with van der Waals surface area (Å²) in [5, 5.41) is 5.03. The Kier molecular flexibility index (Phi) is 8.42. The molecule has 0 unspecified atom stereocenters. The normalized spacial score (nSPS) is 10.2. The van der Waals surface area contributed by atoms with Crippen LogP contribution in [0.4, 0.5) is 10.5 Å². The van der Waals surface area contributed by atoms with Gasteiger partial charge in [-0.05, 0) is 26.0 Å². The fraction of sp³-hybridized carbons (Fsp3) is 0.500. The SMILES string of the molecule is COCCOc1cc(NC(=O)NCC(=O)OC(C)C)ccc1OC. The first-order valence-corrected chi connectivity index (χ1v) is 7.50. The molecule has 0 heterocycles. The summed E-state index contributed by atoms with van der Waals surface area (Å²) in [4.78, 5) is 23.2. The Hall–Kier alpha value is -2.48. The maximum absolute atomic E-state index is 11.8. The lowest BCUT2D eigenvalue weighted by atomic mass is 10.2. The van der Waals surface area contributed by atoms with E-state index in [4.69, 9.17) is 18.9 Å². The molecule has 0 aliphatic carbocycles. The average Bonchev–Trinajstić information content (AvgIpc) is 2.53. The third-order valence-electron chi connectivity index (χ3n) is 2.73. The first kappa shape index (κ1) is 19.6. The molecular weight excluding hydrogens is 316 g/mol. The number of methoxy groups -OCH3 is 2. The van der Waals surface area contributed by atoms with Crippen molar-refractivity contribution in [1.29, 1.82) is 0 Å². The van der Waals surface area contributed by atoms with E-state index in [1.54, 1.807) is 39.2 Å². The third-order valence-corrected chi connectivity index (χ3v) is 2.73. The number of carbonyl (C=O) groups excluding carboxylic acids is 2. The summed E-state index contributed by atoms with van der Waals surface area (Å²) < 4.78 is 20.6. The molecule has 2 N–H and O–H groups in total. The smallest absolute Gasteiger partial charge is 0.325 e. The van der Waals surface area contributed by atoms with Gasteiger partial charge in [-0.15, -0.1) is 0 Å². The van der Waals surface area contributed by atoms with E-state index in [2.05, 4.69) is 10.6 Å². The number of urea groups is 1. The van der Waals surface area contributed by atoms with E-state index >= 15 is 0 Å². The lowest BCUT2D eigenvalue weighted by Crippen LogP contribution is -2.34. The Bertz CT molecular complexity index is 547. The highest BCUT2D eigenvalue weighted by atomic mass is 16.5. The van der Waals surface area contributed by atoms with Crippen molar-refractivity contribution in [3.05, 3.63) is 18.2 Å². The lowest BCUT2D eigenvalue weighted by molar-refractivity contribution is -0.146. The number of ether oxygens (including phenoxy) is 4. The molecule has 8 nitrogen and oxygen atoms in total. The van der Waals surface area contributed by atoms with Crippen molar-refractivity contribution in [3.8, 4) is 11.5 Å². The highest BCUT2D eigenvalue weighted by Crippen LogP contribution is 2.30. The van der Waals surface area contributed by atoms with Gasteiger partial charge in [0.2, 0.25) is 0 Å². The van der Waals surface area contributed by atoms with Gasteiger partial charge < -0.3 is 29.6 Å². The second-order valence-electron chi connectivity index (χ2n) is 5.05. The van der Waals surface area contributed by atoms with Crippen LogP contribution in [-0.2, 0) is 14.3 Å². The van der Waals surface area contributed by atoms with Crippen molar-refractivity contribution >= 4 is 17.7 Å². The average molecular weight is 340 g/mol. The first-order chi connectivity index (χ1) is 11.5. The fourth-order valence-electron chi connectivity index (χ4n) is 1.73. The van der Waals surface area contributed by atoms with Crippen LogP contribution < -0.4 is 20.1 Å². The molecule has 8 heteroatoms. The van der Waals surface area contributed by atoms with Gasteiger partial charge in [-0.2, -0.15) is 0 Å². The van der Waals surface area contributed by atoms with E-state index in [-0.39, 0.29) is 12.6 Å². The van der Waals surface area contributed by atoms with Gasteiger partial charge in [0.15, 0.2) is 11.5 Å². The Morgan fingerprint density at radius 1 is 1.12 bits per heavy atom. The summed E-state index contributed by atoms with van der Waals surface area (Å²) in [5.74, 6) is 0.516. The molecule has 0 saturated carbocycles. The van der Waals surface area contributed by atoms with Gasteiger partial charge in [0, 0.05) is 18.9 Å². The Labute approximate surface area is 141 Å². The highest BCUT2D eigenvalue weighted by Gasteiger charge is 2.10. The van der Waals surface area contributed by atoms with Crippen molar-refractivity contribution in [2.45, 2.75) is 20.0 Å². The molecule has 0 atom stereocenters. The quantitative estimate of drug-likeness (QED) is 0.526. The van der Waals surface area contributed by atoms with E-state index in [1.165, 1.54) is 7.11 Å². The summed E-state index contributed by atoms with van der Waals surface area (Å²) in [6, 6.07) is 4.43. The predicted octanol–water partition coefficient (Wildman–Crippen LogP) is 1.79. The molecule has 134 valence electrons. The number of rotatable bonds is 9. The highest BCUT2D eigenvalue weighted by molar-refractivity contribution is 5.91. The second-order valence-corrected chi connectivity index (χ2v) is 5.05. The minimum absolute atomic E-state index is 0.211. The van der Waals surface area contributed by atoms with Gasteiger partial charge in [-0.25, -0.2) is 4.79 Å². The standard InChI is InChI=1S/C16H24N2O6/c1-11(2)24-15(19)10-17-16(20)18-12-5-6-13(22-4)14(9-12)23-8-7-21-3/h5-6,9,11H,7-8,10H2,1-4H3,(H2,17,18,20). The lowest BCUT2D eigenvalue weighted by Gasteiger charge is -2.13. The molecule has 0 spiro atoms. The van der Waals surface area contributed by atoms with Gasteiger partial charge in [-0.3, -0.25) is 4.79 Å². The number of benzene rings is 1. The summed E-state index contributed by atoms with van der Waals surface area (Å²) in [5.41, 5.74) is 0.498. The van der Waals surface area contributed by atoms with Crippen molar-refractivity contribution in [2.24, 2.45) is 0 Å². The van der Waals surface area contributed by atoms with Crippen LogP contribution in [0, 0.1) is 0 Å². The van der Waals surface area contributed by atoms with Crippen molar-refractivity contribution in [2.75, 3.05) is 39.3 Å². The molecule has 1 aromatic carbocycles. The van der Waals surface area contributed by atoms with Gasteiger partial charge in [0.1, 0.15) is 13.2 Å². The van der Waals surface area contributed by atoms with E-state index in [1.807, 2.05) is 0 Å². The van der Waals surface area contributed by atoms with Gasteiger partial charge >= 0.3 is 12.0 Å². The molecule has 0 aliphatic heterocycles. The number of esters is 1. The molecule has 0 radical (unpaired) electrons. The number of hydrogen-bond donors (Lipinski definition) is 2. The molecule has 0 aliphatic rings. The van der Waals surface area contributed by atoms with Crippen LogP contribution in [0.15, 0.2) is 18.2 Å². The Morgan fingerprint density at radius 2 is 1.88 bits per heavy atom. The van der Waals surface area contributed by atoms with E-state index in [0.29, 0.717) is 30.4 Å². The largest absolute Gasteiger partial charge is 0.493 e. The second kappa shape index (κ2) is 10.3. The molecule has 24 heavy (non-hydrogen) atoms. The molecule has 0 aromatic heterocycles. The number of carbonyl (C=O) groups is 2. The van der Waals surface area contributed by atoms with Crippen molar-refractivity contribution in [1.82, 2.24) is 5.32 Å². The fourth-order valence-corrected chi connectivity index (χ4v) is 1.73. The summed E-state index contributed by atoms with van der Waals surface area (Å²) in [6.45, 7) is 4.04. The van der Waals surface area contributed by atoms with Crippen LogP contribution in [-0.4, -0.2) is 52.1 Å². The summed E-state index contributed by atoms with van der Waals surface area (Å²) >= 11 is 0. The Balaban J connectivity index is 2.58. The van der Waals surface area contributed by atoms with Gasteiger partial charge in [0.05, 0.1) is 19.8 Å². The molecule has 0 saturated heterocycles. The molecule has 1 rings (SSSR count). The third kappa shape index (κ3) is 7.19. The minimum atomic E-state index is -0.524. The number of hydrogen-bond acceptors (Lipinski definition) is 6. The van der Waals surface area contributed by atoms with Crippen LogP contribution >= 0.6 is 0 Å². The number of nitrogens with one attached hydrogen (secondary N) is 2. The zero-order valence-electron chi connectivity index (χ0n) is 14.4. The van der Waals surface area contributed by atoms with Crippen LogP contribution in [0.2, 0.25) is 0 Å². The monoisotopic (exact) mass is 340 g/mol. The van der Waals surface area contributed by atoms with Crippen LogP contribution in [0.1, 0.15) is 13.8 Å². The topological polar surface area (TPSA) is 95.1 Å². The Morgan fingerprint density at radius 3 is 2.50 bits per heavy atom. The van der Waals surface area contributed by atoms with Crippen LogP contribution in [0.25, 0.3) is 0 Å². The molecular formula is C16H24N2O6. The van der Waals surface area contributed by atoms with Gasteiger partial charge in [-0.1, -0.05) is 0 Å². The molecule has 1 aromatic rings. The summed E-state index contributed by atoms with van der Waals surface area (Å²) in [6.07, 6.45) is -0.226.